The summed E-state index contributed by atoms with van der Waals surface area (Å²) in [5.74, 6) is 0. The quantitative estimate of drug-likeness (QED) is 0.823. The van der Waals surface area contributed by atoms with Gasteiger partial charge in [0.15, 0.2) is 0 Å². The van der Waals surface area contributed by atoms with Crippen molar-refractivity contribution in [2.75, 3.05) is 18.8 Å². The Bertz CT molecular complexity index is 524. The van der Waals surface area contributed by atoms with Gasteiger partial charge in [-0.1, -0.05) is 12.8 Å². The fraction of sp³-hybridized carbons (Fsp3) is 0.467. The van der Waals surface area contributed by atoms with E-state index in [1.165, 1.54) is 49.7 Å². The molecule has 0 saturated carbocycles. The normalized spacial score (nSPS) is 18.0. The number of likely N-dealkylation sites (tertiary alicyclic amines) is 1. The third-order valence-electron chi connectivity index (χ3n) is 3.77. The molecule has 2 heterocycles. The first kappa shape index (κ1) is 11.6. The Labute approximate surface area is 108 Å². The summed E-state index contributed by atoms with van der Waals surface area (Å²) in [4.78, 5) is 2.53. The number of nitrogens with zero attached hydrogens (tertiary/aromatic N) is 1. The Morgan fingerprint density at radius 3 is 2.67 bits per heavy atom. The molecule has 3 rings (SSSR count). The minimum atomic E-state index is 0.806. The van der Waals surface area contributed by atoms with E-state index in [1.54, 1.807) is 0 Å². The number of anilines is 1. The van der Waals surface area contributed by atoms with E-state index in [4.69, 9.17) is 10.2 Å². The number of nitrogens with two attached hydrogens (primary N) is 1. The van der Waals surface area contributed by atoms with Crippen LogP contribution in [-0.4, -0.2) is 18.0 Å². The maximum atomic E-state index is 5.85. The number of fused-ring (bicyclic) bond motifs is 1. The molecule has 0 amide bonds. The third-order valence-corrected chi connectivity index (χ3v) is 3.77. The molecule has 3 nitrogen and oxygen atoms in total. The van der Waals surface area contributed by atoms with Crippen LogP contribution in [-0.2, 0) is 6.54 Å². The molecule has 0 aliphatic carbocycles. The highest BCUT2D eigenvalue weighted by Gasteiger charge is 2.13. The number of benzene rings is 1. The molecule has 2 aromatic rings. The summed E-state index contributed by atoms with van der Waals surface area (Å²) < 4.78 is 5.59. The first-order valence-electron chi connectivity index (χ1n) is 6.81. The lowest BCUT2D eigenvalue weighted by Crippen LogP contribution is -2.23. The Morgan fingerprint density at radius 2 is 1.89 bits per heavy atom. The van der Waals surface area contributed by atoms with E-state index >= 15 is 0 Å². The molecule has 2 N–H and O–H groups in total. The highest BCUT2D eigenvalue weighted by atomic mass is 16.3. The zero-order valence-corrected chi connectivity index (χ0v) is 10.7. The topological polar surface area (TPSA) is 42.4 Å². The van der Waals surface area contributed by atoms with Crippen molar-refractivity contribution in [1.29, 1.82) is 0 Å². The second kappa shape index (κ2) is 5.02. The standard InChI is InChI=1S/C15H20N2O/c16-13-5-6-15-14(9-13)12(11-18-15)10-17-7-3-1-2-4-8-17/h5-6,9,11H,1-4,7-8,10,16H2. The van der Waals surface area contributed by atoms with Crippen molar-refractivity contribution in [2.24, 2.45) is 0 Å². The summed E-state index contributed by atoms with van der Waals surface area (Å²) in [6.45, 7) is 3.39. The largest absolute Gasteiger partial charge is 0.464 e. The number of hydrogen-bond donors (Lipinski definition) is 1. The van der Waals surface area contributed by atoms with Gasteiger partial charge in [0.25, 0.3) is 0 Å². The molecule has 18 heavy (non-hydrogen) atoms. The van der Waals surface area contributed by atoms with Crippen LogP contribution in [0.2, 0.25) is 0 Å². The van der Waals surface area contributed by atoms with Gasteiger partial charge in [0.2, 0.25) is 0 Å². The van der Waals surface area contributed by atoms with E-state index in [-0.39, 0.29) is 0 Å². The average Bonchev–Trinajstić information content (AvgIpc) is 2.60. The summed E-state index contributed by atoms with van der Waals surface area (Å²) in [6.07, 6.45) is 7.26. The van der Waals surface area contributed by atoms with Crippen molar-refractivity contribution in [3.8, 4) is 0 Å². The van der Waals surface area contributed by atoms with Gasteiger partial charge >= 0.3 is 0 Å². The molecule has 1 aliphatic heterocycles. The molecule has 0 spiro atoms. The first-order valence-corrected chi connectivity index (χ1v) is 6.81. The SMILES string of the molecule is Nc1ccc2occ(CN3CCCCCC3)c2c1. The van der Waals surface area contributed by atoms with Gasteiger partial charge in [0.05, 0.1) is 6.26 Å². The fourth-order valence-electron chi connectivity index (χ4n) is 2.76. The van der Waals surface area contributed by atoms with Gasteiger partial charge in [-0.3, -0.25) is 4.90 Å². The van der Waals surface area contributed by atoms with Crippen molar-refractivity contribution in [2.45, 2.75) is 32.2 Å². The van der Waals surface area contributed by atoms with E-state index < -0.39 is 0 Å². The molecule has 1 aliphatic rings. The Balaban J connectivity index is 1.83. The lowest BCUT2D eigenvalue weighted by Gasteiger charge is -2.18. The lowest BCUT2D eigenvalue weighted by atomic mass is 10.1. The van der Waals surface area contributed by atoms with Crippen LogP contribution in [0.5, 0.6) is 0 Å². The molecule has 0 radical (unpaired) electrons. The Morgan fingerprint density at radius 1 is 1.11 bits per heavy atom. The van der Waals surface area contributed by atoms with Crippen molar-refractivity contribution in [3.63, 3.8) is 0 Å². The monoisotopic (exact) mass is 244 g/mol. The van der Waals surface area contributed by atoms with Gasteiger partial charge in [0.1, 0.15) is 5.58 Å². The van der Waals surface area contributed by atoms with Crippen LogP contribution in [0, 0.1) is 0 Å². The van der Waals surface area contributed by atoms with Gasteiger partial charge < -0.3 is 10.2 Å². The minimum absolute atomic E-state index is 0.806. The van der Waals surface area contributed by atoms with Crippen LogP contribution >= 0.6 is 0 Å². The maximum absolute atomic E-state index is 5.85. The number of rotatable bonds is 2. The number of nitrogen functional groups attached to an aromatic ring is 1. The van der Waals surface area contributed by atoms with E-state index in [1.807, 2.05) is 24.5 Å². The molecular formula is C15H20N2O. The lowest BCUT2D eigenvalue weighted by molar-refractivity contribution is 0.277. The molecule has 1 fully saturated rings. The Hall–Kier alpha value is -1.48. The predicted octanol–water partition coefficient (Wildman–Crippen LogP) is 3.39. The van der Waals surface area contributed by atoms with E-state index in [0.29, 0.717) is 0 Å². The second-order valence-corrected chi connectivity index (χ2v) is 5.21. The van der Waals surface area contributed by atoms with Crippen LogP contribution in [0.3, 0.4) is 0 Å². The van der Waals surface area contributed by atoms with E-state index in [9.17, 15) is 0 Å². The maximum Gasteiger partial charge on any atom is 0.134 e. The summed E-state index contributed by atoms with van der Waals surface area (Å²) in [7, 11) is 0. The van der Waals surface area contributed by atoms with Crippen LogP contribution in [0.25, 0.3) is 11.0 Å². The number of hydrogen-bond acceptors (Lipinski definition) is 3. The summed E-state index contributed by atoms with van der Waals surface area (Å²) in [6, 6.07) is 5.87. The smallest absolute Gasteiger partial charge is 0.134 e. The van der Waals surface area contributed by atoms with Gasteiger partial charge in [0, 0.05) is 23.2 Å². The van der Waals surface area contributed by atoms with Gasteiger partial charge in [-0.25, -0.2) is 0 Å². The van der Waals surface area contributed by atoms with E-state index in [2.05, 4.69) is 4.90 Å². The molecule has 0 bridgehead atoms. The molecular weight excluding hydrogens is 224 g/mol. The van der Waals surface area contributed by atoms with Crippen LogP contribution in [0.15, 0.2) is 28.9 Å². The van der Waals surface area contributed by atoms with Crippen molar-refractivity contribution in [3.05, 3.63) is 30.0 Å². The molecule has 3 heteroatoms. The summed E-state index contributed by atoms with van der Waals surface area (Å²) >= 11 is 0. The van der Waals surface area contributed by atoms with Gasteiger partial charge in [-0.05, 0) is 44.1 Å². The van der Waals surface area contributed by atoms with Crippen molar-refractivity contribution >= 4 is 16.7 Å². The molecule has 1 saturated heterocycles. The highest BCUT2D eigenvalue weighted by molar-refractivity contribution is 5.84. The zero-order valence-electron chi connectivity index (χ0n) is 10.7. The molecule has 0 atom stereocenters. The highest BCUT2D eigenvalue weighted by Crippen LogP contribution is 2.25. The van der Waals surface area contributed by atoms with E-state index in [0.717, 1.165) is 17.8 Å². The van der Waals surface area contributed by atoms with Crippen LogP contribution in [0.1, 0.15) is 31.2 Å². The van der Waals surface area contributed by atoms with Gasteiger partial charge in [-0.2, -0.15) is 0 Å². The number of furan rings is 1. The third kappa shape index (κ3) is 2.36. The minimum Gasteiger partial charge on any atom is -0.464 e. The fourth-order valence-corrected chi connectivity index (χ4v) is 2.76. The van der Waals surface area contributed by atoms with Crippen LogP contribution in [0.4, 0.5) is 5.69 Å². The molecule has 1 aromatic carbocycles. The molecule has 1 aromatic heterocycles. The second-order valence-electron chi connectivity index (χ2n) is 5.21. The summed E-state index contributed by atoms with van der Waals surface area (Å²) in [5, 5.41) is 1.17. The van der Waals surface area contributed by atoms with Crippen LogP contribution < -0.4 is 5.73 Å². The molecule has 96 valence electrons. The predicted molar refractivity (Wildman–Crippen MR) is 74.4 cm³/mol. The molecule has 0 unspecified atom stereocenters. The average molecular weight is 244 g/mol. The van der Waals surface area contributed by atoms with Crippen molar-refractivity contribution in [1.82, 2.24) is 4.90 Å². The van der Waals surface area contributed by atoms with Gasteiger partial charge in [-0.15, -0.1) is 0 Å². The van der Waals surface area contributed by atoms with Crippen molar-refractivity contribution < 1.29 is 4.42 Å². The Kier molecular flexibility index (Phi) is 3.24. The summed E-state index contributed by atoms with van der Waals surface area (Å²) in [5.41, 5.74) is 8.86. The first-order chi connectivity index (χ1) is 8.83. The zero-order chi connectivity index (χ0) is 12.4.